The van der Waals surface area contributed by atoms with E-state index in [1.54, 1.807) is 11.3 Å². The molecule has 1 aromatic rings. The number of carboxylic acids is 1. The molecule has 0 fully saturated rings. The molecule has 3 nitrogen and oxygen atoms in total. The highest BCUT2D eigenvalue weighted by molar-refractivity contribution is 7.12. The van der Waals surface area contributed by atoms with Gasteiger partial charge in [0.1, 0.15) is 0 Å². The SMILES string of the molecule is CN1CCc2sc(CCC(=O)O)cc2C1. The molecule has 0 aliphatic carbocycles. The Kier molecular flexibility index (Phi) is 3.07. The fourth-order valence-electron chi connectivity index (χ4n) is 1.89. The second kappa shape index (κ2) is 4.33. The van der Waals surface area contributed by atoms with Crippen molar-refractivity contribution in [3.63, 3.8) is 0 Å². The fraction of sp³-hybridized carbons (Fsp3) is 0.545. The maximum absolute atomic E-state index is 10.5. The lowest BCUT2D eigenvalue weighted by molar-refractivity contribution is -0.136. The van der Waals surface area contributed by atoms with Crippen molar-refractivity contribution in [3.05, 3.63) is 21.4 Å². The van der Waals surface area contributed by atoms with Gasteiger partial charge in [0.15, 0.2) is 0 Å². The van der Waals surface area contributed by atoms with Crippen molar-refractivity contribution in [3.8, 4) is 0 Å². The van der Waals surface area contributed by atoms with Crippen molar-refractivity contribution in [2.75, 3.05) is 13.6 Å². The van der Waals surface area contributed by atoms with E-state index in [0.29, 0.717) is 6.42 Å². The smallest absolute Gasteiger partial charge is 0.303 e. The Bertz CT molecular complexity index is 373. The van der Waals surface area contributed by atoms with Crippen LogP contribution in [-0.2, 0) is 24.2 Å². The van der Waals surface area contributed by atoms with Gasteiger partial charge in [0.05, 0.1) is 6.42 Å². The monoisotopic (exact) mass is 225 g/mol. The van der Waals surface area contributed by atoms with Gasteiger partial charge in [-0.15, -0.1) is 11.3 Å². The zero-order valence-corrected chi connectivity index (χ0v) is 9.64. The summed E-state index contributed by atoms with van der Waals surface area (Å²) in [5.41, 5.74) is 1.40. The Morgan fingerprint density at radius 3 is 3.20 bits per heavy atom. The molecule has 0 unspecified atom stereocenters. The van der Waals surface area contributed by atoms with E-state index in [9.17, 15) is 4.79 Å². The van der Waals surface area contributed by atoms with Crippen LogP contribution >= 0.6 is 11.3 Å². The quantitative estimate of drug-likeness (QED) is 0.852. The van der Waals surface area contributed by atoms with Crippen LogP contribution in [0.2, 0.25) is 0 Å². The van der Waals surface area contributed by atoms with Gasteiger partial charge in [-0.05, 0) is 31.5 Å². The van der Waals surface area contributed by atoms with Crippen molar-refractivity contribution >= 4 is 17.3 Å². The summed E-state index contributed by atoms with van der Waals surface area (Å²) in [6, 6.07) is 2.18. The van der Waals surface area contributed by atoms with Gasteiger partial charge in [-0.25, -0.2) is 0 Å². The average Bonchev–Trinajstić information content (AvgIpc) is 2.56. The lowest BCUT2D eigenvalue weighted by Crippen LogP contribution is -2.25. The summed E-state index contributed by atoms with van der Waals surface area (Å²) in [4.78, 5) is 15.4. The van der Waals surface area contributed by atoms with Gasteiger partial charge in [-0.2, -0.15) is 0 Å². The molecule has 0 bridgehead atoms. The predicted octanol–water partition coefficient (Wildman–Crippen LogP) is 1.75. The molecule has 0 amide bonds. The van der Waals surface area contributed by atoms with Crippen LogP contribution in [0.4, 0.5) is 0 Å². The van der Waals surface area contributed by atoms with E-state index >= 15 is 0 Å². The molecule has 0 radical (unpaired) electrons. The second-order valence-electron chi connectivity index (χ2n) is 4.04. The topological polar surface area (TPSA) is 40.5 Å². The normalized spacial score (nSPS) is 16.3. The number of likely N-dealkylation sites (N-methyl/N-ethyl adjacent to an activating group) is 1. The highest BCUT2D eigenvalue weighted by atomic mass is 32.1. The van der Waals surface area contributed by atoms with Crippen molar-refractivity contribution < 1.29 is 9.90 Å². The Morgan fingerprint density at radius 1 is 1.67 bits per heavy atom. The first-order valence-corrected chi connectivity index (χ1v) is 5.97. The molecule has 1 aliphatic heterocycles. The predicted molar refractivity (Wildman–Crippen MR) is 60.3 cm³/mol. The van der Waals surface area contributed by atoms with E-state index in [1.165, 1.54) is 15.3 Å². The molecular weight excluding hydrogens is 210 g/mol. The highest BCUT2D eigenvalue weighted by Gasteiger charge is 2.16. The van der Waals surface area contributed by atoms with Crippen LogP contribution in [0.15, 0.2) is 6.07 Å². The van der Waals surface area contributed by atoms with E-state index in [2.05, 4.69) is 18.0 Å². The first-order valence-electron chi connectivity index (χ1n) is 5.16. The zero-order valence-electron chi connectivity index (χ0n) is 8.82. The molecule has 15 heavy (non-hydrogen) atoms. The third-order valence-corrected chi connectivity index (χ3v) is 3.99. The van der Waals surface area contributed by atoms with Crippen molar-refractivity contribution in [2.45, 2.75) is 25.8 Å². The minimum atomic E-state index is -0.710. The second-order valence-corrected chi connectivity index (χ2v) is 5.26. The van der Waals surface area contributed by atoms with Crippen molar-refractivity contribution in [1.29, 1.82) is 0 Å². The number of thiophene rings is 1. The lowest BCUT2D eigenvalue weighted by atomic mass is 10.1. The molecule has 1 aromatic heterocycles. The molecule has 1 N–H and O–H groups in total. The van der Waals surface area contributed by atoms with Crippen LogP contribution in [0.1, 0.15) is 21.7 Å². The lowest BCUT2D eigenvalue weighted by Gasteiger charge is -2.21. The van der Waals surface area contributed by atoms with E-state index < -0.39 is 5.97 Å². The number of nitrogens with zero attached hydrogens (tertiary/aromatic N) is 1. The molecule has 2 rings (SSSR count). The molecule has 0 saturated heterocycles. The van der Waals surface area contributed by atoms with Crippen LogP contribution in [0, 0.1) is 0 Å². The summed E-state index contributed by atoms with van der Waals surface area (Å²) < 4.78 is 0. The Morgan fingerprint density at radius 2 is 2.47 bits per heavy atom. The van der Waals surface area contributed by atoms with Gasteiger partial charge in [-0.1, -0.05) is 0 Å². The molecular formula is C11H15NO2S. The van der Waals surface area contributed by atoms with Crippen LogP contribution in [0.5, 0.6) is 0 Å². The van der Waals surface area contributed by atoms with Gasteiger partial charge in [0, 0.05) is 22.8 Å². The summed E-state index contributed by atoms with van der Waals surface area (Å²) in [7, 11) is 2.12. The number of aryl methyl sites for hydroxylation is 1. The van der Waals surface area contributed by atoms with E-state index in [1.807, 2.05) is 0 Å². The highest BCUT2D eigenvalue weighted by Crippen LogP contribution is 2.28. The van der Waals surface area contributed by atoms with E-state index in [-0.39, 0.29) is 6.42 Å². The van der Waals surface area contributed by atoms with Gasteiger partial charge in [0.2, 0.25) is 0 Å². The van der Waals surface area contributed by atoms with E-state index in [4.69, 9.17) is 5.11 Å². The number of fused-ring (bicyclic) bond motifs is 1. The number of rotatable bonds is 3. The first-order chi connectivity index (χ1) is 7.15. The molecule has 1 aliphatic rings. The summed E-state index contributed by atoms with van der Waals surface area (Å²) in [5, 5.41) is 8.62. The number of carbonyl (C=O) groups is 1. The minimum Gasteiger partial charge on any atom is -0.481 e. The Balaban J connectivity index is 2.06. The number of hydrogen-bond acceptors (Lipinski definition) is 3. The fourth-order valence-corrected chi connectivity index (χ4v) is 3.06. The molecule has 0 spiro atoms. The van der Waals surface area contributed by atoms with Crippen LogP contribution in [-0.4, -0.2) is 29.6 Å². The standard InChI is InChI=1S/C11H15NO2S/c1-12-5-4-10-8(7-12)6-9(15-10)2-3-11(13)14/h6H,2-5,7H2,1H3,(H,13,14). The Hall–Kier alpha value is -0.870. The largest absolute Gasteiger partial charge is 0.481 e. The maximum Gasteiger partial charge on any atom is 0.303 e. The van der Waals surface area contributed by atoms with Gasteiger partial charge < -0.3 is 10.0 Å². The van der Waals surface area contributed by atoms with Gasteiger partial charge >= 0.3 is 5.97 Å². The third-order valence-electron chi connectivity index (χ3n) is 2.69. The van der Waals surface area contributed by atoms with E-state index in [0.717, 1.165) is 19.5 Å². The zero-order chi connectivity index (χ0) is 10.8. The summed E-state index contributed by atoms with van der Waals surface area (Å²) >= 11 is 1.79. The van der Waals surface area contributed by atoms with Crippen LogP contribution in [0.3, 0.4) is 0 Å². The van der Waals surface area contributed by atoms with Gasteiger partial charge in [0.25, 0.3) is 0 Å². The molecule has 4 heteroatoms. The molecule has 0 aromatic carbocycles. The molecule has 0 saturated carbocycles. The molecule has 0 atom stereocenters. The molecule has 2 heterocycles. The van der Waals surface area contributed by atoms with Crippen molar-refractivity contribution in [2.24, 2.45) is 0 Å². The number of aliphatic carboxylic acids is 1. The average molecular weight is 225 g/mol. The summed E-state index contributed by atoms with van der Waals surface area (Å²) in [6.07, 6.45) is 2.04. The minimum absolute atomic E-state index is 0.245. The Labute approximate surface area is 93.3 Å². The van der Waals surface area contributed by atoms with Crippen LogP contribution < -0.4 is 0 Å². The summed E-state index contributed by atoms with van der Waals surface area (Å²) in [5.74, 6) is -0.710. The van der Waals surface area contributed by atoms with Crippen LogP contribution in [0.25, 0.3) is 0 Å². The summed E-state index contributed by atoms with van der Waals surface area (Å²) in [6.45, 7) is 2.13. The van der Waals surface area contributed by atoms with Gasteiger partial charge in [-0.3, -0.25) is 4.79 Å². The number of carboxylic acid groups (broad SMARTS) is 1. The molecule has 82 valence electrons. The maximum atomic E-state index is 10.5. The third kappa shape index (κ3) is 2.58. The number of hydrogen-bond donors (Lipinski definition) is 1. The van der Waals surface area contributed by atoms with Crippen molar-refractivity contribution in [1.82, 2.24) is 4.90 Å². The first kappa shape index (κ1) is 10.6.